The summed E-state index contributed by atoms with van der Waals surface area (Å²) in [7, 11) is 1.72. The Balaban J connectivity index is 2.06. The van der Waals surface area contributed by atoms with E-state index in [0.29, 0.717) is 0 Å². The minimum atomic E-state index is 0.758. The van der Waals surface area contributed by atoms with Crippen LogP contribution in [0.15, 0.2) is 35.1 Å². The van der Waals surface area contributed by atoms with Crippen molar-refractivity contribution in [3.05, 3.63) is 40.6 Å². The molecule has 102 valence electrons. The minimum absolute atomic E-state index is 0.758. The van der Waals surface area contributed by atoms with Gasteiger partial charge in [0.15, 0.2) is 0 Å². The van der Waals surface area contributed by atoms with Crippen molar-refractivity contribution in [3.8, 4) is 0 Å². The number of aryl methyl sites for hydroxylation is 2. The molecule has 0 aliphatic rings. The van der Waals surface area contributed by atoms with Gasteiger partial charge in [-0.1, -0.05) is 22.0 Å². The Labute approximate surface area is 121 Å². The number of rotatable bonds is 6. The molecule has 0 spiro atoms. The van der Waals surface area contributed by atoms with Crippen molar-refractivity contribution < 1.29 is 4.74 Å². The number of anilines is 2. The van der Waals surface area contributed by atoms with Gasteiger partial charge in [-0.25, -0.2) is 4.98 Å². The van der Waals surface area contributed by atoms with Gasteiger partial charge in [0, 0.05) is 42.8 Å². The highest BCUT2D eigenvalue weighted by atomic mass is 79.9. The highest BCUT2D eigenvalue weighted by Crippen LogP contribution is 2.23. The monoisotopic (exact) mass is 323 g/mol. The van der Waals surface area contributed by atoms with E-state index < -0.39 is 0 Å². The number of nitrogens with one attached hydrogen (secondary N) is 1. The summed E-state index contributed by atoms with van der Waals surface area (Å²) in [5.74, 6) is 0.854. The van der Waals surface area contributed by atoms with Crippen molar-refractivity contribution in [2.75, 3.05) is 19.0 Å². The smallest absolute Gasteiger partial charge is 0.207 e. The molecule has 0 saturated heterocycles. The van der Waals surface area contributed by atoms with Crippen molar-refractivity contribution in [1.29, 1.82) is 0 Å². The molecule has 2 aromatic rings. The molecule has 0 atom stereocenters. The number of methoxy groups -OCH3 is 1. The molecule has 0 amide bonds. The largest absolute Gasteiger partial charge is 0.385 e. The molecular weight excluding hydrogens is 306 g/mol. The van der Waals surface area contributed by atoms with Crippen LogP contribution in [0.2, 0.25) is 0 Å². The van der Waals surface area contributed by atoms with Gasteiger partial charge < -0.3 is 14.6 Å². The number of halogens is 1. The molecule has 0 bridgehead atoms. The first kappa shape index (κ1) is 14.1. The second kappa shape index (κ2) is 6.73. The van der Waals surface area contributed by atoms with Crippen molar-refractivity contribution in [2.45, 2.75) is 19.9 Å². The lowest BCUT2D eigenvalue weighted by Gasteiger charge is -2.10. The number of ether oxygens (including phenoxy) is 1. The van der Waals surface area contributed by atoms with Gasteiger partial charge in [0.2, 0.25) is 5.95 Å². The Kier molecular flexibility index (Phi) is 4.99. The van der Waals surface area contributed by atoms with Gasteiger partial charge in [0.05, 0.1) is 0 Å². The summed E-state index contributed by atoms with van der Waals surface area (Å²) in [5.41, 5.74) is 2.24. The van der Waals surface area contributed by atoms with Gasteiger partial charge in [-0.3, -0.25) is 0 Å². The molecule has 0 saturated carbocycles. The SMILES string of the molecule is COCCCn1ccnc1Nc1ccc(C)c(Br)c1. The molecule has 0 radical (unpaired) electrons. The van der Waals surface area contributed by atoms with Crippen LogP contribution in [0.3, 0.4) is 0 Å². The molecule has 0 aliphatic carbocycles. The molecule has 1 heterocycles. The summed E-state index contributed by atoms with van der Waals surface area (Å²) >= 11 is 3.54. The zero-order valence-electron chi connectivity index (χ0n) is 11.2. The summed E-state index contributed by atoms with van der Waals surface area (Å²) in [4.78, 5) is 4.34. The Bertz CT molecular complexity index is 539. The number of imidazole rings is 1. The lowest BCUT2D eigenvalue weighted by molar-refractivity contribution is 0.190. The van der Waals surface area contributed by atoms with Crippen LogP contribution in [-0.4, -0.2) is 23.3 Å². The predicted octanol–water partition coefficient (Wildman–Crippen LogP) is 3.73. The van der Waals surface area contributed by atoms with Crippen LogP contribution in [0.25, 0.3) is 0 Å². The molecular formula is C14H18BrN3O. The highest BCUT2D eigenvalue weighted by Gasteiger charge is 2.04. The van der Waals surface area contributed by atoms with E-state index in [2.05, 4.69) is 49.9 Å². The second-order valence-electron chi connectivity index (χ2n) is 4.38. The van der Waals surface area contributed by atoms with E-state index >= 15 is 0 Å². The topological polar surface area (TPSA) is 39.1 Å². The van der Waals surface area contributed by atoms with Crippen molar-refractivity contribution in [1.82, 2.24) is 9.55 Å². The Morgan fingerprint density at radius 3 is 3.00 bits per heavy atom. The van der Waals surface area contributed by atoms with E-state index in [1.54, 1.807) is 13.3 Å². The number of nitrogens with zero attached hydrogens (tertiary/aromatic N) is 2. The van der Waals surface area contributed by atoms with Crippen molar-refractivity contribution >= 4 is 27.6 Å². The lowest BCUT2D eigenvalue weighted by Crippen LogP contribution is -2.05. The molecule has 5 heteroatoms. The van der Waals surface area contributed by atoms with Crippen LogP contribution in [0.5, 0.6) is 0 Å². The van der Waals surface area contributed by atoms with Crippen LogP contribution in [0, 0.1) is 6.92 Å². The zero-order valence-corrected chi connectivity index (χ0v) is 12.8. The first-order valence-electron chi connectivity index (χ1n) is 6.24. The van der Waals surface area contributed by atoms with Gasteiger partial charge in [-0.15, -0.1) is 0 Å². The molecule has 2 rings (SSSR count). The fourth-order valence-electron chi connectivity index (χ4n) is 1.79. The standard InChI is InChI=1S/C14H18BrN3O/c1-11-4-5-12(10-13(11)15)17-14-16-6-8-18(14)7-3-9-19-2/h4-6,8,10H,3,7,9H2,1-2H3,(H,16,17). The number of benzene rings is 1. The molecule has 1 aromatic carbocycles. The quantitative estimate of drug-likeness (QED) is 0.823. The maximum absolute atomic E-state index is 5.07. The average molecular weight is 324 g/mol. The fraction of sp³-hybridized carbons (Fsp3) is 0.357. The van der Waals surface area contributed by atoms with Gasteiger partial charge >= 0.3 is 0 Å². The normalized spacial score (nSPS) is 10.7. The number of hydrogen-bond acceptors (Lipinski definition) is 3. The van der Waals surface area contributed by atoms with E-state index in [0.717, 1.165) is 35.7 Å². The van der Waals surface area contributed by atoms with Crippen LogP contribution in [-0.2, 0) is 11.3 Å². The third-order valence-electron chi connectivity index (χ3n) is 2.89. The molecule has 19 heavy (non-hydrogen) atoms. The van der Waals surface area contributed by atoms with E-state index in [1.807, 2.05) is 12.3 Å². The van der Waals surface area contributed by atoms with E-state index in [4.69, 9.17) is 4.74 Å². The van der Waals surface area contributed by atoms with Crippen LogP contribution in [0.4, 0.5) is 11.6 Å². The first-order chi connectivity index (χ1) is 9.20. The van der Waals surface area contributed by atoms with E-state index in [1.165, 1.54) is 5.56 Å². The van der Waals surface area contributed by atoms with E-state index in [9.17, 15) is 0 Å². The summed E-state index contributed by atoms with van der Waals surface area (Å²) in [6.45, 7) is 3.72. The fourth-order valence-corrected chi connectivity index (χ4v) is 2.17. The zero-order chi connectivity index (χ0) is 13.7. The molecule has 1 N–H and O–H groups in total. The maximum Gasteiger partial charge on any atom is 0.207 e. The summed E-state index contributed by atoms with van der Waals surface area (Å²) < 4.78 is 8.25. The maximum atomic E-state index is 5.07. The molecule has 0 unspecified atom stereocenters. The molecule has 4 nitrogen and oxygen atoms in total. The van der Waals surface area contributed by atoms with Gasteiger partial charge in [-0.2, -0.15) is 0 Å². The van der Waals surface area contributed by atoms with Crippen molar-refractivity contribution in [2.24, 2.45) is 0 Å². The second-order valence-corrected chi connectivity index (χ2v) is 5.23. The lowest BCUT2D eigenvalue weighted by atomic mass is 10.2. The Hall–Kier alpha value is -1.33. The Morgan fingerprint density at radius 2 is 2.26 bits per heavy atom. The van der Waals surface area contributed by atoms with Gasteiger partial charge in [-0.05, 0) is 31.0 Å². The summed E-state index contributed by atoms with van der Waals surface area (Å²) in [6, 6.07) is 6.18. The number of hydrogen-bond donors (Lipinski definition) is 1. The number of aromatic nitrogens is 2. The molecule has 1 aromatic heterocycles. The predicted molar refractivity (Wildman–Crippen MR) is 80.9 cm³/mol. The van der Waals surface area contributed by atoms with Crippen molar-refractivity contribution in [3.63, 3.8) is 0 Å². The summed E-state index contributed by atoms with van der Waals surface area (Å²) in [5, 5.41) is 3.33. The van der Waals surface area contributed by atoms with Gasteiger partial charge in [0.25, 0.3) is 0 Å². The van der Waals surface area contributed by atoms with Crippen LogP contribution >= 0.6 is 15.9 Å². The summed E-state index contributed by atoms with van der Waals surface area (Å²) in [6.07, 6.45) is 4.75. The molecule has 0 aliphatic heterocycles. The van der Waals surface area contributed by atoms with E-state index in [-0.39, 0.29) is 0 Å². The minimum Gasteiger partial charge on any atom is -0.385 e. The Morgan fingerprint density at radius 1 is 1.42 bits per heavy atom. The molecule has 0 fully saturated rings. The highest BCUT2D eigenvalue weighted by molar-refractivity contribution is 9.10. The third kappa shape index (κ3) is 3.81. The van der Waals surface area contributed by atoms with Crippen LogP contribution in [0.1, 0.15) is 12.0 Å². The van der Waals surface area contributed by atoms with Crippen LogP contribution < -0.4 is 5.32 Å². The first-order valence-corrected chi connectivity index (χ1v) is 7.03. The van der Waals surface area contributed by atoms with Gasteiger partial charge in [0.1, 0.15) is 0 Å². The third-order valence-corrected chi connectivity index (χ3v) is 3.75. The average Bonchev–Trinajstić information content (AvgIpc) is 2.82.